The topological polar surface area (TPSA) is 76.4 Å². The summed E-state index contributed by atoms with van der Waals surface area (Å²) in [6.07, 6.45) is 1.53. The number of hydrogen-bond donors (Lipinski definition) is 2. The number of halogens is 2. The minimum atomic E-state index is -2.86. The SMILES string of the molecule is O=C(NCc1ccco1)c1csc(Nc2ccc(OC(F)F)cc2)n1. The molecule has 0 atom stereocenters. The normalized spacial score (nSPS) is 10.7. The van der Waals surface area contributed by atoms with E-state index in [4.69, 9.17) is 4.42 Å². The minimum absolute atomic E-state index is 0.0673. The zero-order valence-corrected chi connectivity index (χ0v) is 13.6. The number of ether oxygens (including phenoxy) is 1. The number of anilines is 2. The fourth-order valence-electron chi connectivity index (χ4n) is 1.95. The summed E-state index contributed by atoms with van der Waals surface area (Å²) in [5.41, 5.74) is 0.912. The summed E-state index contributed by atoms with van der Waals surface area (Å²) in [5.74, 6) is 0.395. The van der Waals surface area contributed by atoms with E-state index in [1.165, 1.54) is 29.7 Å². The fraction of sp³-hybridized carbons (Fsp3) is 0.125. The maximum Gasteiger partial charge on any atom is 0.387 e. The Morgan fingerprint density at radius 3 is 2.76 bits per heavy atom. The summed E-state index contributed by atoms with van der Waals surface area (Å²) in [6.45, 7) is -2.59. The van der Waals surface area contributed by atoms with Crippen LogP contribution in [0.2, 0.25) is 0 Å². The van der Waals surface area contributed by atoms with Crippen LogP contribution >= 0.6 is 11.3 Å². The van der Waals surface area contributed by atoms with Crippen molar-refractivity contribution in [3.63, 3.8) is 0 Å². The Bertz CT molecular complexity index is 820. The monoisotopic (exact) mass is 365 g/mol. The first kappa shape index (κ1) is 16.9. The minimum Gasteiger partial charge on any atom is -0.467 e. The van der Waals surface area contributed by atoms with Gasteiger partial charge in [0.05, 0.1) is 12.8 Å². The number of alkyl halides is 2. The summed E-state index contributed by atoms with van der Waals surface area (Å²) >= 11 is 1.25. The predicted octanol–water partition coefficient (Wildman–Crippen LogP) is 4.01. The van der Waals surface area contributed by atoms with Gasteiger partial charge in [-0.3, -0.25) is 4.79 Å². The van der Waals surface area contributed by atoms with Crippen LogP contribution in [0.25, 0.3) is 0 Å². The van der Waals surface area contributed by atoms with Crippen LogP contribution in [-0.2, 0) is 6.54 Å². The third-order valence-electron chi connectivity index (χ3n) is 3.07. The van der Waals surface area contributed by atoms with Crippen molar-refractivity contribution in [1.82, 2.24) is 10.3 Å². The molecule has 0 radical (unpaired) electrons. The van der Waals surface area contributed by atoms with Gasteiger partial charge >= 0.3 is 6.61 Å². The molecular weight excluding hydrogens is 352 g/mol. The van der Waals surface area contributed by atoms with E-state index in [-0.39, 0.29) is 23.9 Å². The lowest BCUT2D eigenvalue weighted by Crippen LogP contribution is -2.22. The number of carbonyl (C=O) groups is 1. The summed E-state index contributed by atoms with van der Waals surface area (Å²) in [5, 5.41) is 7.82. The molecule has 0 spiro atoms. The largest absolute Gasteiger partial charge is 0.467 e. The van der Waals surface area contributed by atoms with Gasteiger partial charge in [-0.1, -0.05) is 0 Å². The molecule has 130 valence electrons. The van der Waals surface area contributed by atoms with Crippen LogP contribution in [0.4, 0.5) is 19.6 Å². The van der Waals surface area contributed by atoms with Crippen LogP contribution in [0.15, 0.2) is 52.5 Å². The molecule has 2 N–H and O–H groups in total. The highest BCUT2D eigenvalue weighted by molar-refractivity contribution is 7.14. The molecule has 0 aliphatic heterocycles. The summed E-state index contributed by atoms with van der Waals surface area (Å²) in [6, 6.07) is 9.49. The van der Waals surface area contributed by atoms with Crippen LogP contribution in [0.1, 0.15) is 16.2 Å². The maximum absolute atomic E-state index is 12.1. The molecule has 0 bridgehead atoms. The second-order valence-electron chi connectivity index (χ2n) is 4.83. The van der Waals surface area contributed by atoms with Gasteiger partial charge in [0.2, 0.25) is 0 Å². The van der Waals surface area contributed by atoms with Gasteiger partial charge in [0.25, 0.3) is 5.91 Å². The van der Waals surface area contributed by atoms with Gasteiger partial charge in [-0.25, -0.2) is 4.98 Å². The average Bonchev–Trinajstić information content (AvgIpc) is 3.26. The van der Waals surface area contributed by atoms with Gasteiger partial charge in [0.1, 0.15) is 17.2 Å². The van der Waals surface area contributed by atoms with Crippen LogP contribution in [0, 0.1) is 0 Å². The van der Waals surface area contributed by atoms with E-state index in [1.807, 2.05) is 0 Å². The number of benzene rings is 1. The van der Waals surface area contributed by atoms with Gasteiger partial charge in [0, 0.05) is 11.1 Å². The van der Waals surface area contributed by atoms with Gasteiger partial charge in [-0.15, -0.1) is 11.3 Å². The lowest BCUT2D eigenvalue weighted by molar-refractivity contribution is -0.0498. The van der Waals surface area contributed by atoms with E-state index >= 15 is 0 Å². The van der Waals surface area contributed by atoms with Crippen molar-refractivity contribution in [2.75, 3.05) is 5.32 Å². The molecule has 0 saturated heterocycles. The fourth-order valence-corrected chi connectivity index (χ4v) is 2.66. The van der Waals surface area contributed by atoms with Crippen LogP contribution in [0.3, 0.4) is 0 Å². The number of amides is 1. The molecule has 0 aliphatic carbocycles. The maximum atomic E-state index is 12.1. The summed E-state index contributed by atoms with van der Waals surface area (Å²) in [4.78, 5) is 16.2. The zero-order valence-electron chi connectivity index (χ0n) is 12.7. The lowest BCUT2D eigenvalue weighted by Gasteiger charge is -2.06. The quantitative estimate of drug-likeness (QED) is 0.662. The molecule has 2 heterocycles. The Labute approximate surface area is 145 Å². The van der Waals surface area contributed by atoms with Crippen molar-refractivity contribution in [3.05, 3.63) is 59.5 Å². The highest BCUT2D eigenvalue weighted by Crippen LogP contribution is 2.23. The molecule has 2 aromatic heterocycles. The number of nitrogens with one attached hydrogen (secondary N) is 2. The van der Waals surface area contributed by atoms with Gasteiger partial charge in [-0.05, 0) is 36.4 Å². The Morgan fingerprint density at radius 2 is 2.08 bits per heavy atom. The second kappa shape index (κ2) is 7.75. The van der Waals surface area contributed by atoms with Crippen LogP contribution in [-0.4, -0.2) is 17.5 Å². The molecule has 3 aromatic rings. The van der Waals surface area contributed by atoms with Gasteiger partial charge in [0.15, 0.2) is 5.13 Å². The van der Waals surface area contributed by atoms with E-state index < -0.39 is 6.61 Å². The number of carbonyl (C=O) groups excluding carboxylic acids is 1. The molecule has 0 aliphatic rings. The number of thiazole rings is 1. The third-order valence-corrected chi connectivity index (χ3v) is 3.83. The van der Waals surface area contributed by atoms with E-state index in [0.717, 1.165) is 0 Å². The molecule has 0 saturated carbocycles. The van der Waals surface area contributed by atoms with Crippen LogP contribution < -0.4 is 15.4 Å². The molecular formula is C16H13F2N3O3S. The van der Waals surface area contributed by atoms with Crippen LogP contribution in [0.5, 0.6) is 5.75 Å². The molecule has 0 unspecified atom stereocenters. The van der Waals surface area contributed by atoms with E-state index in [2.05, 4.69) is 20.4 Å². The number of nitrogens with zero attached hydrogens (tertiary/aromatic N) is 1. The average molecular weight is 365 g/mol. The first-order chi connectivity index (χ1) is 12.1. The number of furan rings is 1. The van der Waals surface area contributed by atoms with Gasteiger partial charge < -0.3 is 19.8 Å². The predicted molar refractivity (Wildman–Crippen MR) is 88.3 cm³/mol. The molecule has 9 heteroatoms. The Kier molecular flexibility index (Phi) is 5.24. The first-order valence-electron chi connectivity index (χ1n) is 7.18. The molecule has 25 heavy (non-hydrogen) atoms. The third kappa shape index (κ3) is 4.77. The number of aromatic nitrogens is 1. The van der Waals surface area contributed by atoms with E-state index in [0.29, 0.717) is 16.6 Å². The molecule has 0 fully saturated rings. The van der Waals surface area contributed by atoms with Crippen molar-refractivity contribution >= 4 is 28.1 Å². The molecule has 1 aromatic carbocycles. The molecule has 6 nitrogen and oxygen atoms in total. The van der Waals surface area contributed by atoms with E-state index in [9.17, 15) is 13.6 Å². The number of rotatable bonds is 7. The van der Waals surface area contributed by atoms with Crippen molar-refractivity contribution in [2.24, 2.45) is 0 Å². The van der Waals surface area contributed by atoms with Crippen molar-refractivity contribution < 1.29 is 22.7 Å². The standard InChI is InChI=1S/C16H13F2N3O3S/c17-15(18)24-11-5-3-10(4-6-11)20-16-21-13(9-25-16)14(22)19-8-12-2-1-7-23-12/h1-7,9,15H,8H2,(H,19,22)(H,20,21). The van der Waals surface area contributed by atoms with Crippen molar-refractivity contribution in [3.8, 4) is 5.75 Å². The highest BCUT2D eigenvalue weighted by atomic mass is 32.1. The molecule has 3 rings (SSSR count). The second-order valence-corrected chi connectivity index (χ2v) is 5.69. The lowest BCUT2D eigenvalue weighted by atomic mass is 10.3. The highest BCUT2D eigenvalue weighted by Gasteiger charge is 2.11. The Hall–Kier alpha value is -2.94. The first-order valence-corrected chi connectivity index (χ1v) is 8.06. The Morgan fingerprint density at radius 1 is 1.28 bits per heavy atom. The summed E-state index contributed by atoms with van der Waals surface area (Å²) in [7, 11) is 0. The van der Waals surface area contributed by atoms with E-state index in [1.54, 1.807) is 29.6 Å². The zero-order chi connectivity index (χ0) is 17.6. The van der Waals surface area contributed by atoms with Gasteiger partial charge in [-0.2, -0.15) is 8.78 Å². The smallest absolute Gasteiger partial charge is 0.387 e. The molecule has 1 amide bonds. The van der Waals surface area contributed by atoms with Crippen molar-refractivity contribution in [1.29, 1.82) is 0 Å². The Balaban J connectivity index is 1.56. The number of hydrogen-bond acceptors (Lipinski definition) is 6. The van der Waals surface area contributed by atoms with Crippen molar-refractivity contribution in [2.45, 2.75) is 13.2 Å². The summed E-state index contributed by atoms with van der Waals surface area (Å²) < 4.78 is 33.6.